The van der Waals surface area contributed by atoms with Crippen molar-refractivity contribution in [1.29, 1.82) is 0 Å². The number of hydrogen-bond donors (Lipinski definition) is 1. The summed E-state index contributed by atoms with van der Waals surface area (Å²) < 4.78 is 55.2. The van der Waals surface area contributed by atoms with Gasteiger partial charge >= 0.3 is 5.69 Å². The Morgan fingerprint density at radius 1 is 0.886 bits per heavy atom. The van der Waals surface area contributed by atoms with Gasteiger partial charge in [0.05, 0.1) is 27.1 Å². The summed E-state index contributed by atoms with van der Waals surface area (Å²) in [6.07, 6.45) is -0.433. The van der Waals surface area contributed by atoms with Gasteiger partial charge in [-0.25, -0.2) is 4.79 Å². The molecule has 0 saturated carbocycles. The van der Waals surface area contributed by atoms with Crippen molar-refractivity contribution in [2.45, 2.75) is 37.4 Å². The first-order valence-corrected chi connectivity index (χ1v) is 15.7. The van der Waals surface area contributed by atoms with Gasteiger partial charge in [0.2, 0.25) is 0 Å². The molecule has 5 rings (SSSR count). The number of ether oxygens (including phenoxy) is 4. The van der Waals surface area contributed by atoms with Crippen molar-refractivity contribution >= 4 is 10.1 Å². The lowest BCUT2D eigenvalue weighted by Gasteiger charge is -2.37. The molecule has 3 aromatic carbocycles. The van der Waals surface area contributed by atoms with Gasteiger partial charge in [0.15, 0.2) is 0 Å². The lowest BCUT2D eigenvalue weighted by Crippen LogP contribution is -2.39. The maximum Gasteiger partial charge on any atom is 0.330 e. The van der Waals surface area contributed by atoms with Crippen LogP contribution in [0.1, 0.15) is 34.9 Å². The average molecular weight is 623 g/mol. The molecule has 12 heteroatoms. The van der Waals surface area contributed by atoms with Crippen LogP contribution in [0.2, 0.25) is 0 Å². The summed E-state index contributed by atoms with van der Waals surface area (Å²) in [7, 11) is -0.730. The highest BCUT2D eigenvalue weighted by Crippen LogP contribution is 2.43. The Bertz CT molecular complexity index is 1750. The SMILES string of the molecule is COc1ccc(C(OC[C@@H]2O[C@@H](n3cc(C)c(=O)[nH]c3=O)C[C@@H]2OS(C)(=O)=O)(c2ccccc2)c2ccc(OC)cc2)cc1. The predicted octanol–water partition coefficient (Wildman–Crippen LogP) is 3.50. The van der Waals surface area contributed by atoms with Crippen LogP contribution in [0, 0.1) is 6.92 Å². The number of methoxy groups -OCH3 is 2. The van der Waals surface area contributed by atoms with E-state index >= 15 is 0 Å². The Balaban J connectivity index is 1.59. The van der Waals surface area contributed by atoms with Crippen molar-refractivity contribution in [1.82, 2.24) is 9.55 Å². The summed E-state index contributed by atoms with van der Waals surface area (Å²) in [6, 6.07) is 24.6. The molecule has 44 heavy (non-hydrogen) atoms. The van der Waals surface area contributed by atoms with Crippen LogP contribution in [0.4, 0.5) is 0 Å². The number of rotatable bonds is 11. The number of aromatic nitrogens is 2. The molecule has 11 nitrogen and oxygen atoms in total. The molecule has 232 valence electrons. The molecule has 1 aliphatic heterocycles. The fourth-order valence-corrected chi connectivity index (χ4v) is 6.08. The smallest absolute Gasteiger partial charge is 0.330 e. The molecule has 0 radical (unpaired) electrons. The van der Waals surface area contributed by atoms with Gasteiger partial charge in [-0.3, -0.25) is 18.5 Å². The normalized spacial score (nSPS) is 18.7. The van der Waals surface area contributed by atoms with Crippen LogP contribution < -0.4 is 20.7 Å². The lowest BCUT2D eigenvalue weighted by atomic mass is 9.80. The zero-order chi connectivity index (χ0) is 31.5. The third-order valence-corrected chi connectivity index (χ3v) is 8.17. The van der Waals surface area contributed by atoms with Gasteiger partial charge in [-0.1, -0.05) is 54.6 Å². The summed E-state index contributed by atoms with van der Waals surface area (Å²) in [5.41, 5.74) is 0.269. The average Bonchev–Trinajstić information content (AvgIpc) is 3.41. The molecule has 0 aliphatic carbocycles. The lowest BCUT2D eigenvalue weighted by molar-refractivity contribution is -0.0910. The first-order valence-electron chi connectivity index (χ1n) is 13.9. The number of nitrogens with one attached hydrogen (secondary N) is 1. The second kappa shape index (κ2) is 12.8. The maximum absolute atomic E-state index is 12.7. The molecule has 0 amide bonds. The van der Waals surface area contributed by atoms with E-state index in [1.54, 1.807) is 21.1 Å². The number of H-pyrrole nitrogens is 1. The molecule has 3 atom stereocenters. The minimum atomic E-state index is -3.91. The van der Waals surface area contributed by atoms with E-state index in [4.69, 9.17) is 23.1 Å². The first kappa shape index (κ1) is 31.2. The van der Waals surface area contributed by atoms with Gasteiger partial charge in [-0.2, -0.15) is 8.42 Å². The fraction of sp³-hybridized carbons (Fsp3) is 0.312. The summed E-state index contributed by atoms with van der Waals surface area (Å²) in [5.74, 6) is 1.33. The quantitative estimate of drug-likeness (QED) is 0.197. The van der Waals surface area contributed by atoms with E-state index in [-0.39, 0.29) is 13.0 Å². The summed E-state index contributed by atoms with van der Waals surface area (Å²) in [5, 5.41) is 0. The van der Waals surface area contributed by atoms with Crippen LogP contribution in [0.15, 0.2) is 94.6 Å². The zero-order valence-electron chi connectivity index (χ0n) is 24.8. The molecule has 1 N–H and O–H groups in total. The number of aromatic amines is 1. The highest BCUT2D eigenvalue weighted by Gasteiger charge is 2.44. The summed E-state index contributed by atoms with van der Waals surface area (Å²) >= 11 is 0. The van der Waals surface area contributed by atoms with Crippen LogP contribution >= 0.6 is 0 Å². The van der Waals surface area contributed by atoms with Crippen LogP contribution in [0.25, 0.3) is 0 Å². The van der Waals surface area contributed by atoms with E-state index in [2.05, 4.69) is 4.98 Å². The van der Waals surface area contributed by atoms with Gasteiger partial charge in [0.25, 0.3) is 15.7 Å². The number of nitrogens with zero attached hydrogens (tertiary/aromatic N) is 1. The van der Waals surface area contributed by atoms with Crippen LogP contribution in [0.3, 0.4) is 0 Å². The summed E-state index contributed by atoms with van der Waals surface area (Å²) in [4.78, 5) is 26.9. The molecule has 0 unspecified atom stereocenters. The van der Waals surface area contributed by atoms with E-state index in [0.29, 0.717) is 17.1 Å². The number of hydrogen-bond acceptors (Lipinski definition) is 9. The van der Waals surface area contributed by atoms with E-state index in [9.17, 15) is 18.0 Å². The minimum Gasteiger partial charge on any atom is -0.497 e. The highest BCUT2D eigenvalue weighted by atomic mass is 32.2. The van der Waals surface area contributed by atoms with Gasteiger partial charge in [-0.15, -0.1) is 0 Å². The van der Waals surface area contributed by atoms with Gasteiger partial charge in [0.1, 0.15) is 35.5 Å². The van der Waals surface area contributed by atoms with Crippen LogP contribution in [0.5, 0.6) is 11.5 Å². The Labute approximate surface area is 255 Å². The van der Waals surface area contributed by atoms with Gasteiger partial charge in [-0.05, 0) is 47.9 Å². The summed E-state index contributed by atoms with van der Waals surface area (Å²) in [6.45, 7) is 1.44. The molecule has 0 spiro atoms. The zero-order valence-corrected chi connectivity index (χ0v) is 25.6. The van der Waals surface area contributed by atoms with E-state index in [1.165, 1.54) is 10.8 Å². The second-order valence-electron chi connectivity index (χ2n) is 10.5. The second-order valence-corrected chi connectivity index (χ2v) is 12.1. The standard InChI is InChI=1S/C32H34N2O9S/c1-21-19-34(31(36)33-30(21)35)29-18-27(43-44(4,37)38)28(42-29)20-41-32(22-8-6-5-7-9-22,23-10-14-25(39-2)15-11-23)24-12-16-26(40-3)17-13-24/h5-17,19,27-29H,18,20H2,1-4H3,(H,33,35,36)/t27-,28-,29+/m0/s1. The Hall–Kier alpha value is -4.23. The van der Waals surface area contributed by atoms with Crippen molar-refractivity contribution < 1.29 is 31.5 Å². The molecule has 1 aromatic heterocycles. The Kier molecular flexibility index (Phi) is 9.07. The maximum atomic E-state index is 12.7. The van der Waals surface area contributed by atoms with Crippen LogP contribution in [-0.2, 0) is 29.4 Å². The molecule has 1 aliphatic rings. The predicted molar refractivity (Wildman–Crippen MR) is 163 cm³/mol. The Morgan fingerprint density at radius 2 is 1.43 bits per heavy atom. The topological polar surface area (TPSA) is 135 Å². The first-order chi connectivity index (χ1) is 21.0. The van der Waals surface area contributed by atoms with Crippen molar-refractivity contribution in [2.24, 2.45) is 0 Å². The minimum absolute atomic E-state index is 0.0237. The van der Waals surface area contributed by atoms with E-state index in [0.717, 1.165) is 22.9 Å². The van der Waals surface area contributed by atoms with Crippen molar-refractivity contribution in [3.05, 3.63) is 128 Å². The third-order valence-electron chi connectivity index (χ3n) is 7.57. The largest absolute Gasteiger partial charge is 0.497 e. The fourth-order valence-electron chi connectivity index (χ4n) is 5.43. The Morgan fingerprint density at radius 3 is 1.95 bits per heavy atom. The highest BCUT2D eigenvalue weighted by molar-refractivity contribution is 7.86. The molecule has 2 heterocycles. The molecule has 1 saturated heterocycles. The van der Waals surface area contributed by atoms with E-state index in [1.807, 2.05) is 78.9 Å². The van der Waals surface area contributed by atoms with Gasteiger partial charge < -0.3 is 18.9 Å². The molecule has 4 aromatic rings. The van der Waals surface area contributed by atoms with Crippen molar-refractivity contribution in [2.75, 3.05) is 27.1 Å². The van der Waals surface area contributed by atoms with Crippen molar-refractivity contribution in [3.63, 3.8) is 0 Å². The van der Waals surface area contributed by atoms with Crippen LogP contribution in [-0.4, -0.2) is 57.3 Å². The number of benzene rings is 3. The monoisotopic (exact) mass is 622 g/mol. The number of aryl methyl sites for hydroxylation is 1. The van der Waals surface area contributed by atoms with E-state index < -0.39 is 45.4 Å². The molecule has 1 fully saturated rings. The molecular formula is C32H34N2O9S. The molecular weight excluding hydrogens is 588 g/mol. The molecule has 0 bridgehead atoms. The van der Waals surface area contributed by atoms with Gasteiger partial charge in [0, 0.05) is 18.2 Å². The van der Waals surface area contributed by atoms with Crippen molar-refractivity contribution in [3.8, 4) is 11.5 Å². The third kappa shape index (κ3) is 6.48.